The standard InChI is InChI=1S/C17H21NO3/c1-12-13(8-9-15(19)20)6-4-7-14(12)16(21)18-11-5-10-17(18,2)3/h4,6-9H,5,10-11H2,1-3H3,(H,19,20). The summed E-state index contributed by atoms with van der Waals surface area (Å²) >= 11 is 0. The van der Waals surface area contributed by atoms with Crippen molar-refractivity contribution in [2.45, 2.75) is 39.2 Å². The molecule has 0 aliphatic carbocycles. The van der Waals surface area contributed by atoms with Gasteiger partial charge in [0.25, 0.3) is 5.91 Å². The van der Waals surface area contributed by atoms with Crippen molar-refractivity contribution in [1.82, 2.24) is 4.90 Å². The number of carboxylic acids is 1. The van der Waals surface area contributed by atoms with Crippen molar-refractivity contribution in [3.63, 3.8) is 0 Å². The normalized spacial score (nSPS) is 17.4. The number of likely N-dealkylation sites (tertiary alicyclic amines) is 1. The van der Waals surface area contributed by atoms with Gasteiger partial charge in [0.1, 0.15) is 0 Å². The molecule has 1 N–H and O–H groups in total. The molecular weight excluding hydrogens is 266 g/mol. The molecular formula is C17H21NO3. The molecule has 1 heterocycles. The lowest BCUT2D eigenvalue weighted by atomic mass is 9.98. The van der Waals surface area contributed by atoms with Crippen LogP contribution < -0.4 is 0 Å². The Morgan fingerprint density at radius 1 is 1.33 bits per heavy atom. The van der Waals surface area contributed by atoms with E-state index in [1.54, 1.807) is 6.07 Å². The van der Waals surface area contributed by atoms with Crippen molar-refractivity contribution >= 4 is 18.0 Å². The van der Waals surface area contributed by atoms with Crippen LogP contribution >= 0.6 is 0 Å². The van der Waals surface area contributed by atoms with Crippen LogP contribution in [0.1, 0.15) is 48.2 Å². The molecule has 0 saturated carbocycles. The van der Waals surface area contributed by atoms with Crippen LogP contribution in [0.15, 0.2) is 24.3 Å². The van der Waals surface area contributed by atoms with Gasteiger partial charge in [0.05, 0.1) is 0 Å². The average molecular weight is 287 g/mol. The molecule has 1 aliphatic rings. The molecule has 1 amide bonds. The second kappa shape index (κ2) is 5.72. The number of aliphatic carboxylic acids is 1. The largest absolute Gasteiger partial charge is 0.478 e. The second-order valence-corrected chi connectivity index (χ2v) is 6.06. The van der Waals surface area contributed by atoms with E-state index in [1.807, 2.05) is 24.0 Å². The molecule has 0 aromatic heterocycles. The number of rotatable bonds is 3. The van der Waals surface area contributed by atoms with E-state index in [4.69, 9.17) is 5.11 Å². The molecule has 2 rings (SSSR count). The molecule has 0 bridgehead atoms. The highest BCUT2D eigenvalue weighted by Crippen LogP contribution is 2.30. The van der Waals surface area contributed by atoms with Crippen LogP contribution in [0, 0.1) is 6.92 Å². The molecule has 0 atom stereocenters. The first-order chi connectivity index (χ1) is 9.83. The third-order valence-corrected chi connectivity index (χ3v) is 4.16. The lowest BCUT2D eigenvalue weighted by Gasteiger charge is -2.32. The van der Waals surface area contributed by atoms with Gasteiger partial charge in [-0.15, -0.1) is 0 Å². The first-order valence-corrected chi connectivity index (χ1v) is 7.15. The fourth-order valence-corrected chi connectivity index (χ4v) is 2.86. The van der Waals surface area contributed by atoms with Crippen LogP contribution in [0.3, 0.4) is 0 Å². The zero-order valence-electron chi connectivity index (χ0n) is 12.7. The Kier molecular flexibility index (Phi) is 4.16. The predicted octanol–water partition coefficient (Wildman–Crippen LogP) is 3.11. The van der Waals surface area contributed by atoms with Gasteiger partial charge in [-0.05, 0) is 56.9 Å². The van der Waals surface area contributed by atoms with Gasteiger partial charge in [0.15, 0.2) is 0 Å². The van der Waals surface area contributed by atoms with E-state index >= 15 is 0 Å². The van der Waals surface area contributed by atoms with Crippen molar-refractivity contribution in [2.75, 3.05) is 6.54 Å². The maximum atomic E-state index is 12.8. The number of carbonyl (C=O) groups is 2. The van der Waals surface area contributed by atoms with Gasteiger partial charge in [-0.25, -0.2) is 4.79 Å². The van der Waals surface area contributed by atoms with Gasteiger partial charge >= 0.3 is 5.97 Å². The van der Waals surface area contributed by atoms with E-state index in [2.05, 4.69) is 13.8 Å². The van der Waals surface area contributed by atoms with Crippen LogP contribution in [0.5, 0.6) is 0 Å². The highest BCUT2D eigenvalue weighted by Gasteiger charge is 2.36. The summed E-state index contributed by atoms with van der Waals surface area (Å²) in [5, 5.41) is 8.72. The van der Waals surface area contributed by atoms with Gasteiger partial charge in [0, 0.05) is 23.7 Å². The summed E-state index contributed by atoms with van der Waals surface area (Å²) in [5.74, 6) is -0.965. The molecule has 0 spiro atoms. The fraction of sp³-hybridized carbons (Fsp3) is 0.412. The van der Waals surface area contributed by atoms with Crippen LogP contribution in [0.2, 0.25) is 0 Å². The zero-order valence-corrected chi connectivity index (χ0v) is 12.7. The van der Waals surface area contributed by atoms with Crippen LogP contribution in [0.25, 0.3) is 6.08 Å². The zero-order chi connectivity index (χ0) is 15.6. The maximum Gasteiger partial charge on any atom is 0.328 e. The number of hydrogen-bond acceptors (Lipinski definition) is 2. The van der Waals surface area contributed by atoms with Gasteiger partial charge in [-0.2, -0.15) is 0 Å². The van der Waals surface area contributed by atoms with Gasteiger partial charge < -0.3 is 10.0 Å². The minimum Gasteiger partial charge on any atom is -0.478 e. The molecule has 4 nitrogen and oxygen atoms in total. The fourth-order valence-electron chi connectivity index (χ4n) is 2.86. The minimum absolute atomic E-state index is 0.0283. The number of carboxylic acid groups (broad SMARTS) is 1. The molecule has 21 heavy (non-hydrogen) atoms. The number of benzene rings is 1. The summed E-state index contributed by atoms with van der Waals surface area (Å²) < 4.78 is 0. The maximum absolute atomic E-state index is 12.8. The first kappa shape index (κ1) is 15.3. The van der Waals surface area contributed by atoms with Crippen molar-refractivity contribution in [3.05, 3.63) is 41.0 Å². The molecule has 0 unspecified atom stereocenters. The SMILES string of the molecule is Cc1c(C=CC(=O)O)cccc1C(=O)N1CCCC1(C)C. The Bertz CT molecular complexity index is 602. The highest BCUT2D eigenvalue weighted by atomic mass is 16.4. The number of hydrogen-bond donors (Lipinski definition) is 1. The van der Waals surface area contributed by atoms with Crippen LogP contribution in [0.4, 0.5) is 0 Å². The molecule has 1 aromatic carbocycles. The van der Waals surface area contributed by atoms with E-state index in [0.29, 0.717) is 5.56 Å². The number of amides is 1. The summed E-state index contributed by atoms with van der Waals surface area (Å²) in [7, 11) is 0. The van der Waals surface area contributed by atoms with Gasteiger partial charge in [-0.1, -0.05) is 12.1 Å². The Morgan fingerprint density at radius 2 is 2.05 bits per heavy atom. The van der Waals surface area contributed by atoms with Crippen molar-refractivity contribution in [1.29, 1.82) is 0 Å². The van der Waals surface area contributed by atoms with E-state index in [0.717, 1.165) is 36.6 Å². The molecule has 1 fully saturated rings. The van der Waals surface area contributed by atoms with E-state index in [-0.39, 0.29) is 11.4 Å². The molecule has 1 aliphatic heterocycles. The third-order valence-electron chi connectivity index (χ3n) is 4.16. The van der Waals surface area contributed by atoms with E-state index < -0.39 is 5.97 Å². The van der Waals surface area contributed by atoms with E-state index in [9.17, 15) is 9.59 Å². The molecule has 1 saturated heterocycles. The minimum atomic E-state index is -0.994. The molecule has 112 valence electrons. The van der Waals surface area contributed by atoms with Crippen molar-refractivity contribution in [2.24, 2.45) is 0 Å². The monoisotopic (exact) mass is 287 g/mol. The summed E-state index contributed by atoms with van der Waals surface area (Å²) in [6.07, 6.45) is 4.66. The Hall–Kier alpha value is -2.10. The van der Waals surface area contributed by atoms with Crippen LogP contribution in [-0.2, 0) is 4.79 Å². The lowest BCUT2D eigenvalue weighted by molar-refractivity contribution is -0.131. The highest BCUT2D eigenvalue weighted by molar-refractivity contribution is 5.97. The molecule has 0 radical (unpaired) electrons. The first-order valence-electron chi connectivity index (χ1n) is 7.15. The number of carbonyl (C=O) groups excluding carboxylic acids is 1. The summed E-state index contributed by atoms with van der Waals surface area (Å²) in [4.78, 5) is 25.3. The third kappa shape index (κ3) is 3.15. The second-order valence-electron chi connectivity index (χ2n) is 6.06. The quantitative estimate of drug-likeness (QED) is 0.869. The average Bonchev–Trinajstić information content (AvgIpc) is 2.76. The Labute approximate surface area is 125 Å². The summed E-state index contributed by atoms with van der Waals surface area (Å²) in [5.41, 5.74) is 2.12. The summed E-state index contributed by atoms with van der Waals surface area (Å²) in [6, 6.07) is 5.43. The smallest absolute Gasteiger partial charge is 0.328 e. The number of nitrogens with zero attached hydrogens (tertiary/aromatic N) is 1. The topological polar surface area (TPSA) is 57.6 Å². The van der Waals surface area contributed by atoms with Crippen LogP contribution in [-0.4, -0.2) is 34.0 Å². The molecule has 1 aromatic rings. The van der Waals surface area contributed by atoms with Gasteiger partial charge in [-0.3, -0.25) is 4.79 Å². The summed E-state index contributed by atoms with van der Waals surface area (Å²) in [6.45, 7) is 6.81. The van der Waals surface area contributed by atoms with Crippen molar-refractivity contribution in [3.8, 4) is 0 Å². The predicted molar refractivity (Wildman–Crippen MR) is 82.2 cm³/mol. The Morgan fingerprint density at radius 3 is 2.62 bits per heavy atom. The molecule has 4 heteroatoms. The van der Waals surface area contributed by atoms with Crippen molar-refractivity contribution < 1.29 is 14.7 Å². The van der Waals surface area contributed by atoms with Gasteiger partial charge in [0.2, 0.25) is 0 Å². The van der Waals surface area contributed by atoms with E-state index in [1.165, 1.54) is 6.08 Å². The lowest BCUT2D eigenvalue weighted by Crippen LogP contribution is -2.42. The Balaban J connectivity index is 2.34.